The summed E-state index contributed by atoms with van der Waals surface area (Å²) in [4.78, 5) is 28.8. The summed E-state index contributed by atoms with van der Waals surface area (Å²) < 4.78 is 5.15. The lowest BCUT2D eigenvalue weighted by Crippen LogP contribution is -2.63. The molecule has 1 saturated heterocycles. The van der Waals surface area contributed by atoms with Gasteiger partial charge in [-0.2, -0.15) is 0 Å². The molecule has 4 atom stereocenters. The molecule has 2 aliphatic carbocycles. The maximum absolute atomic E-state index is 13.6. The van der Waals surface area contributed by atoms with E-state index in [9.17, 15) is 9.59 Å². The molecule has 4 rings (SSSR count). The minimum atomic E-state index is -0.704. The Bertz CT molecular complexity index is 808. The van der Waals surface area contributed by atoms with Crippen molar-refractivity contribution in [2.45, 2.75) is 64.3 Å². The first-order valence-electron chi connectivity index (χ1n) is 12.1. The van der Waals surface area contributed by atoms with Gasteiger partial charge < -0.3 is 15.0 Å². The number of hydrogen-bond acceptors (Lipinski definition) is 3. The molecule has 1 saturated carbocycles. The molecule has 5 nitrogen and oxygen atoms in total. The summed E-state index contributed by atoms with van der Waals surface area (Å²) in [5.41, 5.74) is 2.18. The predicted molar refractivity (Wildman–Crippen MR) is 122 cm³/mol. The third-order valence-electron chi connectivity index (χ3n) is 7.82. The number of ether oxygens (including phenoxy) is 1. The standard InChI is InChI=1S/C26H38N2O3/c1-18(2)12-19-13-24(29)28(17-19)26(25(30)27-10-11-31-3)9-8-22-14-20-6-4-5-7-21(20)15-23(22)16-26/h4-7,18-19,22-23H,8-17H2,1-3H3,(H,27,30)/t19-,22+,23-,26-/m0/s1. The van der Waals surface area contributed by atoms with E-state index in [-0.39, 0.29) is 11.8 Å². The highest BCUT2D eigenvalue weighted by Gasteiger charge is 2.54. The zero-order valence-electron chi connectivity index (χ0n) is 19.4. The van der Waals surface area contributed by atoms with E-state index < -0.39 is 5.54 Å². The molecule has 2 fully saturated rings. The van der Waals surface area contributed by atoms with Crippen molar-refractivity contribution in [3.63, 3.8) is 0 Å². The fourth-order valence-corrected chi connectivity index (χ4v) is 6.42. The van der Waals surface area contributed by atoms with Crippen molar-refractivity contribution in [1.82, 2.24) is 10.2 Å². The Morgan fingerprint density at radius 1 is 1.19 bits per heavy atom. The number of fused-ring (bicyclic) bond motifs is 2. The molecular formula is C26H38N2O3. The Hall–Kier alpha value is -1.88. The number of nitrogens with zero attached hydrogens (tertiary/aromatic N) is 1. The van der Waals surface area contributed by atoms with Crippen LogP contribution in [0.4, 0.5) is 0 Å². The second-order valence-corrected chi connectivity index (χ2v) is 10.4. The molecule has 5 heteroatoms. The molecule has 1 aromatic carbocycles. The lowest BCUT2D eigenvalue weighted by molar-refractivity contribution is -0.149. The van der Waals surface area contributed by atoms with E-state index in [2.05, 4.69) is 43.4 Å². The summed E-state index contributed by atoms with van der Waals surface area (Å²) in [6, 6.07) is 8.74. The van der Waals surface area contributed by atoms with Gasteiger partial charge in [-0.15, -0.1) is 0 Å². The Morgan fingerprint density at radius 3 is 2.58 bits per heavy atom. The molecule has 1 aromatic rings. The average molecular weight is 427 g/mol. The average Bonchev–Trinajstić information content (AvgIpc) is 3.11. The van der Waals surface area contributed by atoms with Crippen molar-refractivity contribution < 1.29 is 14.3 Å². The molecule has 1 heterocycles. The van der Waals surface area contributed by atoms with Crippen LogP contribution in [0.25, 0.3) is 0 Å². The number of methoxy groups -OCH3 is 1. The van der Waals surface area contributed by atoms with E-state index >= 15 is 0 Å². The predicted octanol–water partition coefficient (Wildman–Crippen LogP) is 3.60. The van der Waals surface area contributed by atoms with Crippen molar-refractivity contribution in [3.05, 3.63) is 35.4 Å². The lowest BCUT2D eigenvalue weighted by atomic mass is 9.62. The smallest absolute Gasteiger partial charge is 0.246 e. The molecule has 0 spiro atoms. The summed E-state index contributed by atoms with van der Waals surface area (Å²) in [6.07, 6.45) is 6.32. The number of rotatable bonds is 7. The quantitative estimate of drug-likeness (QED) is 0.678. The summed E-state index contributed by atoms with van der Waals surface area (Å²) >= 11 is 0. The highest BCUT2D eigenvalue weighted by Crippen LogP contribution is 2.47. The molecule has 1 aliphatic heterocycles. The zero-order valence-corrected chi connectivity index (χ0v) is 19.4. The van der Waals surface area contributed by atoms with Gasteiger partial charge in [-0.25, -0.2) is 0 Å². The Kier molecular flexibility index (Phi) is 6.71. The molecule has 1 N–H and O–H groups in total. The van der Waals surface area contributed by atoms with Gasteiger partial charge in [0.15, 0.2) is 0 Å². The molecule has 0 aromatic heterocycles. The number of amides is 2. The number of nitrogens with one attached hydrogen (secondary N) is 1. The van der Waals surface area contributed by atoms with Gasteiger partial charge in [-0.05, 0) is 73.3 Å². The maximum atomic E-state index is 13.6. The fourth-order valence-electron chi connectivity index (χ4n) is 6.42. The number of hydrogen-bond donors (Lipinski definition) is 1. The van der Waals surface area contributed by atoms with E-state index in [0.717, 1.165) is 45.1 Å². The molecular weight excluding hydrogens is 388 g/mol. The van der Waals surface area contributed by atoms with E-state index in [1.807, 2.05) is 4.90 Å². The van der Waals surface area contributed by atoms with Crippen LogP contribution in [0.1, 0.15) is 57.1 Å². The third kappa shape index (κ3) is 4.52. The molecule has 31 heavy (non-hydrogen) atoms. The Labute approximate surface area is 186 Å². The first kappa shape index (κ1) is 22.3. The van der Waals surface area contributed by atoms with Crippen LogP contribution in [0.15, 0.2) is 24.3 Å². The molecule has 2 amide bonds. The van der Waals surface area contributed by atoms with Crippen LogP contribution in [-0.4, -0.2) is 49.1 Å². The van der Waals surface area contributed by atoms with Gasteiger partial charge in [0.25, 0.3) is 0 Å². The summed E-state index contributed by atoms with van der Waals surface area (Å²) in [5.74, 6) is 2.19. The molecule has 170 valence electrons. The van der Waals surface area contributed by atoms with Gasteiger partial charge in [0.1, 0.15) is 5.54 Å². The minimum absolute atomic E-state index is 0.0282. The molecule has 3 aliphatic rings. The summed E-state index contributed by atoms with van der Waals surface area (Å²) in [5, 5.41) is 3.10. The largest absolute Gasteiger partial charge is 0.383 e. The van der Waals surface area contributed by atoms with Crippen molar-refractivity contribution >= 4 is 11.8 Å². The van der Waals surface area contributed by atoms with Crippen LogP contribution in [-0.2, 0) is 27.2 Å². The topological polar surface area (TPSA) is 58.6 Å². The van der Waals surface area contributed by atoms with E-state index in [0.29, 0.717) is 43.2 Å². The highest BCUT2D eigenvalue weighted by atomic mass is 16.5. The highest BCUT2D eigenvalue weighted by molar-refractivity contribution is 5.92. The van der Waals surface area contributed by atoms with Crippen LogP contribution in [0, 0.1) is 23.7 Å². The van der Waals surface area contributed by atoms with Crippen molar-refractivity contribution in [2.75, 3.05) is 26.8 Å². The molecule has 0 radical (unpaired) electrons. The molecule has 0 bridgehead atoms. The van der Waals surface area contributed by atoms with Crippen molar-refractivity contribution in [1.29, 1.82) is 0 Å². The van der Waals surface area contributed by atoms with Crippen LogP contribution < -0.4 is 5.32 Å². The van der Waals surface area contributed by atoms with E-state index in [1.54, 1.807) is 7.11 Å². The first-order valence-corrected chi connectivity index (χ1v) is 12.1. The summed E-state index contributed by atoms with van der Waals surface area (Å²) in [7, 11) is 1.65. The SMILES string of the molecule is COCCNC(=O)[C@]1(N2C[C@@H](CC(C)C)CC2=O)CC[C@@H]2Cc3ccccc3C[C@H]2C1. The summed E-state index contributed by atoms with van der Waals surface area (Å²) in [6.45, 7) is 6.13. The van der Waals surface area contributed by atoms with E-state index in [4.69, 9.17) is 4.74 Å². The minimum Gasteiger partial charge on any atom is -0.383 e. The molecule has 0 unspecified atom stereocenters. The Morgan fingerprint density at radius 2 is 1.90 bits per heavy atom. The van der Waals surface area contributed by atoms with Crippen LogP contribution in [0.2, 0.25) is 0 Å². The van der Waals surface area contributed by atoms with Gasteiger partial charge in [-0.3, -0.25) is 9.59 Å². The van der Waals surface area contributed by atoms with Crippen LogP contribution >= 0.6 is 0 Å². The number of benzene rings is 1. The fraction of sp³-hybridized carbons (Fsp3) is 0.692. The number of carbonyl (C=O) groups is 2. The normalized spacial score (nSPS) is 30.3. The second kappa shape index (κ2) is 9.32. The third-order valence-corrected chi connectivity index (χ3v) is 7.82. The van der Waals surface area contributed by atoms with Gasteiger partial charge >= 0.3 is 0 Å². The maximum Gasteiger partial charge on any atom is 0.246 e. The van der Waals surface area contributed by atoms with Gasteiger partial charge in [0.2, 0.25) is 11.8 Å². The van der Waals surface area contributed by atoms with Crippen molar-refractivity contribution in [3.8, 4) is 0 Å². The lowest BCUT2D eigenvalue weighted by Gasteiger charge is -2.50. The van der Waals surface area contributed by atoms with Gasteiger partial charge in [-0.1, -0.05) is 38.1 Å². The number of likely N-dealkylation sites (tertiary alicyclic amines) is 1. The van der Waals surface area contributed by atoms with Gasteiger partial charge in [0.05, 0.1) is 6.61 Å². The van der Waals surface area contributed by atoms with Gasteiger partial charge in [0, 0.05) is 26.6 Å². The van der Waals surface area contributed by atoms with Crippen LogP contribution in [0.3, 0.4) is 0 Å². The number of carbonyl (C=O) groups excluding carboxylic acids is 2. The van der Waals surface area contributed by atoms with E-state index in [1.165, 1.54) is 11.1 Å². The van der Waals surface area contributed by atoms with Crippen LogP contribution in [0.5, 0.6) is 0 Å². The second-order valence-electron chi connectivity index (χ2n) is 10.4. The first-order chi connectivity index (χ1) is 14.9. The monoisotopic (exact) mass is 426 g/mol. The zero-order chi connectivity index (χ0) is 22.0. The Balaban J connectivity index is 1.58. The van der Waals surface area contributed by atoms with Crippen molar-refractivity contribution in [2.24, 2.45) is 23.7 Å².